The second-order valence-corrected chi connectivity index (χ2v) is 7.67. The van der Waals surface area contributed by atoms with Crippen LogP contribution in [0.4, 0.5) is 4.79 Å². The molecule has 1 atom stereocenters. The molecule has 1 fully saturated rings. The number of aliphatic hydroxyl groups excluding tert-OH is 1. The summed E-state index contributed by atoms with van der Waals surface area (Å²) in [5, 5.41) is 16.1. The number of ether oxygens (including phenoxy) is 1. The fraction of sp³-hybridized carbons (Fsp3) is 0.889. The zero-order chi connectivity index (χ0) is 19.1. The van der Waals surface area contributed by atoms with Gasteiger partial charge in [-0.15, -0.1) is 0 Å². The van der Waals surface area contributed by atoms with Crippen LogP contribution >= 0.6 is 0 Å². The second kappa shape index (κ2) is 9.27. The molecule has 0 aromatic rings. The summed E-state index contributed by atoms with van der Waals surface area (Å²) in [5.74, 6) is 0.788. The van der Waals surface area contributed by atoms with E-state index >= 15 is 0 Å². The lowest BCUT2D eigenvalue weighted by Gasteiger charge is -2.33. The molecular formula is C18H36N4O3. The van der Waals surface area contributed by atoms with Gasteiger partial charge in [0.2, 0.25) is 0 Å². The van der Waals surface area contributed by atoms with Crippen LogP contribution in [0.1, 0.15) is 60.8 Å². The number of carbonyl (C=O) groups excluding carboxylic acids is 1. The smallest absolute Gasteiger partial charge is 0.408 e. The summed E-state index contributed by atoms with van der Waals surface area (Å²) in [6.45, 7) is 14.3. The van der Waals surface area contributed by atoms with Gasteiger partial charge in [-0.25, -0.2) is 4.79 Å². The van der Waals surface area contributed by atoms with Crippen molar-refractivity contribution >= 4 is 12.1 Å². The third-order valence-electron chi connectivity index (χ3n) is 4.45. The van der Waals surface area contributed by atoms with Gasteiger partial charge in [-0.3, -0.25) is 4.99 Å². The van der Waals surface area contributed by atoms with E-state index in [9.17, 15) is 9.90 Å². The van der Waals surface area contributed by atoms with Crippen molar-refractivity contribution in [1.82, 2.24) is 15.5 Å². The number of aliphatic imine (C=N–C) groups is 1. The number of rotatable bonds is 6. The van der Waals surface area contributed by atoms with Gasteiger partial charge in [0.1, 0.15) is 5.60 Å². The molecule has 0 aromatic heterocycles. The maximum Gasteiger partial charge on any atom is 0.408 e. The van der Waals surface area contributed by atoms with E-state index in [2.05, 4.69) is 15.5 Å². The van der Waals surface area contributed by atoms with Crippen LogP contribution in [0.2, 0.25) is 0 Å². The molecule has 7 nitrogen and oxygen atoms in total. The normalized spacial score (nSPS) is 19.1. The van der Waals surface area contributed by atoms with Crippen molar-refractivity contribution in [2.45, 2.75) is 78.0 Å². The summed E-state index contributed by atoms with van der Waals surface area (Å²) in [5.41, 5.74) is -0.970. The maximum atomic E-state index is 12.2. The lowest BCUT2D eigenvalue weighted by molar-refractivity contribution is 0.0451. The number of hydrogen-bond acceptors (Lipinski definition) is 4. The van der Waals surface area contributed by atoms with E-state index in [4.69, 9.17) is 9.73 Å². The molecule has 0 saturated carbocycles. The Bertz CT molecular complexity index is 456. The lowest BCUT2D eigenvalue weighted by atomic mass is 9.93. The second-order valence-electron chi connectivity index (χ2n) is 7.67. The van der Waals surface area contributed by atoms with Gasteiger partial charge in [-0.05, 0) is 47.0 Å². The molecule has 0 spiro atoms. The van der Waals surface area contributed by atoms with Crippen LogP contribution < -0.4 is 10.6 Å². The minimum absolute atomic E-state index is 0.300. The maximum absolute atomic E-state index is 12.2. The Morgan fingerprint density at radius 1 is 1.28 bits per heavy atom. The molecule has 1 heterocycles. The number of nitrogens with one attached hydrogen (secondary N) is 2. The molecular weight excluding hydrogens is 320 g/mol. The topological polar surface area (TPSA) is 86.2 Å². The SMILES string of the molecule is CCNC(=NCC(CC)(CC)NC(=O)OC(C)(C)C)N1CC[C@@H](O)C1. The predicted octanol–water partition coefficient (Wildman–Crippen LogP) is 2.10. The van der Waals surface area contributed by atoms with Gasteiger partial charge in [-0.2, -0.15) is 0 Å². The highest BCUT2D eigenvalue weighted by Crippen LogP contribution is 2.18. The summed E-state index contributed by atoms with van der Waals surface area (Å²) in [6.07, 6.45) is 1.56. The molecule has 0 bridgehead atoms. The van der Waals surface area contributed by atoms with E-state index in [-0.39, 0.29) is 6.10 Å². The zero-order valence-corrected chi connectivity index (χ0v) is 16.7. The zero-order valence-electron chi connectivity index (χ0n) is 16.7. The third kappa shape index (κ3) is 7.10. The molecule has 0 unspecified atom stereocenters. The van der Waals surface area contributed by atoms with Gasteiger partial charge >= 0.3 is 6.09 Å². The first-order valence-electron chi connectivity index (χ1n) is 9.37. The van der Waals surface area contributed by atoms with Crippen molar-refractivity contribution in [3.05, 3.63) is 0 Å². The molecule has 1 rings (SSSR count). The number of β-amino-alcohol motifs (C(OH)–C–C–N with tert-alkyl or cyclic N) is 1. The van der Waals surface area contributed by atoms with E-state index in [0.717, 1.165) is 38.3 Å². The Balaban J connectivity index is 2.84. The van der Waals surface area contributed by atoms with Crippen molar-refractivity contribution in [2.75, 3.05) is 26.2 Å². The first-order chi connectivity index (χ1) is 11.6. The number of amides is 1. The number of guanidine groups is 1. The third-order valence-corrected chi connectivity index (χ3v) is 4.45. The number of aliphatic hydroxyl groups is 1. The fourth-order valence-corrected chi connectivity index (χ4v) is 2.80. The van der Waals surface area contributed by atoms with Crippen LogP contribution in [0.25, 0.3) is 0 Å². The number of nitrogens with zero attached hydrogens (tertiary/aromatic N) is 2. The van der Waals surface area contributed by atoms with Crippen molar-refractivity contribution in [1.29, 1.82) is 0 Å². The molecule has 146 valence electrons. The molecule has 3 N–H and O–H groups in total. The highest BCUT2D eigenvalue weighted by molar-refractivity contribution is 5.80. The van der Waals surface area contributed by atoms with Gasteiger partial charge in [0.15, 0.2) is 5.96 Å². The number of likely N-dealkylation sites (tertiary alicyclic amines) is 1. The van der Waals surface area contributed by atoms with E-state index in [1.165, 1.54) is 0 Å². The van der Waals surface area contributed by atoms with Crippen LogP contribution in [-0.2, 0) is 4.74 Å². The standard InChI is InChI=1S/C18H36N4O3/c1-7-18(8-2,21-16(24)25-17(4,5)6)13-20-15(19-9-3)22-11-10-14(23)12-22/h14,23H,7-13H2,1-6H3,(H,19,20)(H,21,24)/t14-/m1/s1. The average Bonchev–Trinajstić information content (AvgIpc) is 2.94. The van der Waals surface area contributed by atoms with Crippen molar-refractivity contribution in [3.63, 3.8) is 0 Å². The van der Waals surface area contributed by atoms with Gasteiger partial charge in [0.25, 0.3) is 0 Å². The summed E-state index contributed by atoms with van der Waals surface area (Å²) < 4.78 is 5.41. The van der Waals surface area contributed by atoms with E-state index in [1.807, 2.05) is 41.5 Å². The van der Waals surface area contributed by atoms with Gasteiger partial charge in [0.05, 0.1) is 18.2 Å². The molecule has 7 heteroatoms. The van der Waals surface area contributed by atoms with E-state index < -0.39 is 17.2 Å². The van der Waals surface area contributed by atoms with Crippen molar-refractivity contribution < 1.29 is 14.6 Å². The Hall–Kier alpha value is -1.50. The van der Waals surface area contributed by atoms with Crippen LogP contribution in [0.3, 0.4) is 0 Å². The molecule has 25 heavy (non-hydrogen) atoms. The largest absolute Gasteiger partial charge is 0.444 e. The Morgan fingerprint density at radius 2 is 1.92 bits per heavy atom. The Kier molecular flexibility index (Phi) is 7.99. The number of carbonyl (C=O) groups is 1. The number of alkyl carbamates (subject to hydrolysis) is 1. The van der Waals surface area contributed by atoms with Gasteiger partial charge in [-0.1, -0.05) is 13.8 Å². The van der Waals surface area contributed by atoms with E-state index in [0.29, 0.717) is 13.1 Å². The summed E-state index contributed by atoms with van der Waals surface area (Å²) in [4.78, 5) is 19.0. The average molecular weight is 357 g/mol. The summed E-state index contributed by atoms with van der Waals surface area (Å²) >= 11 is 0. The first-order valence-corrected chi connectivity index (χ1v) is 9.37. The molecule has 0 aromatic carbocycles. The van der Waals surface area contributed by atoms with Gasteiger partial charge in [0, 0.05) is 19.6 Å². The molecule has 0 radical (unpaired) electrons. The van der Waals surface area contributed by atoms with Crippen molar-refractivity contribution in [3.8, 4) is 0 Å². The van der Waals surface area contributed by atoms with Crippen LogP contribution in [0.5, 0.6) is 0 Å². The number of hydrogen-bond donors (Lipinski definition) is 3. The lowest BCUT2D eigenvalue weighted by Crippen LogP contribution is -2.52. The quantitative estimate of drug-likeness (QED) is 0.501. The first kappa shape index (κ1) is 21.5. The minimum atomic E-state index is -0.527. The molecule has 1 aliphatic rings. The minimum Gasteiger partial charge on any atom is -0.444 e. The van der Waals surface area contributed by atoms with Crippen LogP contribution in [0, 0.1) is 0 Å². The Morgan fingerprint density at radius 3 is 2.36 bits per heavy atom. The fourth-order valence-electron chi connectivity index (χ4n) is 2.80. The van der Waals surface area contributed by atoms with Crippen LogP contribution in [-0.4, -0.2) is 65.5 Å². The summed E-state index contributed by atoms with van der Waals surface area (Å²) in [6, 6.07) is 0. The molecule has 1 aliphatic heterocycles. The predicted molar refractivity (Wildman–Crippen MR) is 101 cm³/mol. The molecule has 1 amide bonds. The summed E-state index contributed by atoms with van der Waals surface area (Å²) in [7, 11) is 0. The van der Waals surface area contributed by atoms with E-state index in [1.54, 1.807) is 0 Å². The monoisotopic (exact) mass is 356 g/mol. The highest BCUT2D eigenvalue weighted by atomic mass is 16.6. The molecule has 1 saturated heterocycles. The van der Waals surface area contributed by atoms with Gasteiger partial charge < -0.3 is 25.4 Å². The molecule has 0 aliphatic carbocycles. The van der Waals surface area contributed by atoms with Crippen LogP contribution in [0.15, 0.2) is 4.99 Å². The highest BCUT2D eigenvalue weighted by Gasteiger charge is 2.31. The van der Waals surface area contributed by atoms with Crippen molar-refractivity contribution in [2.24, 2.45) is 4.99 Å². The Labute approximate surface area is 152 Å².